The number of nitrogens with zero attached hydrogens (tertiary/aromatic N) is 2. The van der Waals surface area contributed by atoms with E-state index in [1.807, 2.05) is 42.5 Å². The number of halogens is 3. The second-order valence-corrected chi connectivity index (χ2v) is 7.04. The summed E-state index contributed by atoms with van der Waals surface area (Å²) in [6.45, 7) is 0. The van der Waals surface area contributed by atoms with Crippen molar-refractivity contribution >= 4 is 34.9 Å². The monoisotopic (exact) mass is 425 g/mol. The van der Waals surface area contributed by atoms with E-state index >= 15 is 0 Å². The van der Waals surface area contributed by atoms with Crippen molar-refractivity contribution in [2.75, 3.05) is 5.32 Å². The Bertz CT molecular complexity index is 1190. The van der Waals surface area contributed by atoms with Crippen molar-refractivity contribution < 1.29 is 9.18 Å². The number of para-hydroxylation sites is 1. The van der Waals surface area contributed by atoms with Crippen LogP contribution in [0.2, 0.25) is 10.0 Å². The van der Waals surface area contributed by atoms with E-state index in [4.69, 9.17) is 23.2 Å². The van der Waals surface area contributed by atoms with Gasteiger partial charge < -0.3 is 5.32 Å². The minimum Gasteiger partial charge on any atom is -0.306 e. The molecule has 0 saturated heterocycles. The van der Waals surface area contributed by atoms with Gasteiger partial charge in [-0.3, -0.25) is 4.79 Å². The smallest absolute Gasteiger partial charge is 0.256 e. The van der Waals surface area contributed by atoms with E-state index in [0.29, 0.717) is 22.2 Å². The molecule has 144 valence electrons. The molecule has 0 unspecified atom stereocenters. The highest BCUT2D eigenvalue weighted by atomic mass is 35.5. The Balaban J connectivity index is 1.76. The molecule has 0 radical (unpaired) electrons. The van der Waals surface area contributed by atoms with Crippen molar-refractivity contribution in [2.24, 2.45) is 0 Å². The van der Waals surface area contributed by atoms with E-state index < -0.39 is 11.7 Å². The van der Waals surface area contributed by atoms with Crippen molar-refractivity contribution in [3.05, 3.63) is 100 Å². The first kappa shape index (κ1) is 19.2. The summed E-state index contributed by atoms with van der Waals surface area (Å²) in [5.41, 5.74) is 2.39. The maximum Gasteiger partial charge on any atom is 0.256 e. The van der Waals surface area contributed by atoms with Gasteiger partial charge in [0.15, 0.2) is 0 Å². The van der Waals surface area contributed by atoms with Gasteiger partial charge in [0, 0.05) is 17.2 Å². The maximum absolute atomic E-state index is 13.4. The molecule has 0 aliphatic carbocycles. The number of hydrogen-bond acceptors (Lipinski definition) is 2. The van der Waals surface area contributed by atoms with E-state index in [9.17, 15) is 9.18 Å². The molecule has 0 aliphatic rings. The summed E-state index contributed by atoms with van der Waals surface area (Å²) in [6, 6.07) is 22.3. The standard InChI is InChI=1S/C22H14Cl2FN3O/c23-16-8-4-5-9-20(16)28-21(13-19(27-28)14-6-2-1-3-7-14)26-22(29)15-10-11-18(25)17(24)12-15/h1-13H,(H,26,29). The van der Waals surface area contributed by atoms with Crippen LogP contribution in [0.3, 0.4) is 0 Å². The molecule has 0 saturated carbocycles. The Labute approximate surface area is 176 Å². The largest absolute Gasteiger partial charge is 0.306 e. The summed E-state index contributed by atoms with van der Waals surface area (Å²) < 4.78 is 15.0. The Kier molecular flexibility index (Phi) is 5.34. The van der Waals surface area contributed by atoms with Crippen LogP contribution in [-0.4, -0.2) is 15.7 Å². The van der Waals surface area contributed by atoms with Crippen molar-refractivity contribution in [1.29, 1.82) is 0 Å². The minimum absolute atomic E-state index is 0.123. The number of hydrogen-bond donors (Lipinski definition) is 1. The maximum atomic E-state index is 13.4. The molecule has 1 aromatic heterocycles. The number of aromatic nitrogens is 2. The first-order valence-corrected chi connectivity index (χ1v) is 9.45. The molecule has 1 heterocycles. The Morgan fingerprint density at radius 1 is 0.897 bits per heavy atom. The molecule has 0 fully saturated rings. The van der Waals surface area contributed by atoms with Gasteiger partial charge in [-0.05, 0) is 30.3 Å². The first-order chi connectivity index (χ1) is 14.0. The van der Waals surface area contributed by atoms with Gasteiger partial charge in [0.05, 0.1) is 21.4 Å². The van der Waals surface area contributed by atoms with Crippen LogP contribution in [0.25, 0.3) is 16.9 Å². The lowest BCUT2D eigenvalue weighted by Gasteiger charge is -2.10. The first-order valence-electron chi connectivity index (χ1n) is 8.70. The predicted octanol–water partition coefficient (Wildman–Crippen LogP) is 6.24. The average molecular weight is 426 g/mol. The van der Waals surface area contributed by atoms with Crippen molar-refractivity contribution in [1.82, 2.24) is 9.78 Å². The topological polar surface area (TPSA) is 46.9 Å². The van der Waals surface area contributed by atoms with Crippen LogP contribution in [0.4, 0.5) is 10.2 Å². The third-order valence-corrected chi connectivity index (χ3v) is 4.89. The van der Waals surface area contributed by atoms with Gasteiger partial charge in [0.25, 0.3) is 5.91 Å². The fourth-order valence-corrected chi connectivity index (χ4v) is 3.25. The van der Waals surface area contributed by atoms with Gasteiger partial charge in [-0.25, -0.2) is 9.07 Å². The van der Waals surface area contributed by atoms with Crippen LogP contribution in [0, 0.1) is 5.82 Å². The Morgan fingerprint density at radius 2 is 1.62 bits per heavy atom. The molecule has 4 aromatic rings. The Hall–Kier alpha value is -3.15. The number of anilines is 1. The SMILES string of the molecule is O=C(Nc1cc(-c2ccccc2)nn1-c1ccccc1Cl)c1ccc(F)c(Cl)c1. The summed E-state index contributed by atoms with van der Waals surface area (Å²) in [7, 11) is 0. The number of carbonyl (C=O) groups excluding carboxylic acids is 1. The third-order valence-electron chi connectivity index (χ3n) is 4.28. The second-order valence-electron chi connectivity index (χ2n) is 6.23. The molecular formula is C22H14Cl2FN3O. The fraction of sp³-hybridized carbons (Fsp3) is 0. The van der Waals surface area contributed by atoms with Crippen molar-refractivity contribution in [3.63, 3.8) is 0 Å². The number of benzene rings is 3. The molecule has 7 heteroatoms. The van der Waals surface area contributed by atoms with Crippen LogP contribution in [-0.2, 0) is 0 Å². The van der Waals surface area contributed by atoms with Gasteiger partial charge in [0.2, 0.25) is 0 Å². The third kappa shape index (κ3) is 4.01. The molecule has 3 aromatic carbocycles. The van der Waals surface area contributed by atoms with E-state index in [1.54, 1.807) is 22.9 Å². The summed E-state index contributed by atoms with van der Waals surface area (Å²) >= 11 is 12.1. The van der Waals surface area contributed by atoms with Crippen molar-refractivity contribution in [2.45, 2.75) is 0 Å². The van der Waals surface area contributed by atoms with E-state index in [2.05, 4.69) is 10.4 Å². The summed E-state index contributed by atoms with van der Waals surface area (Å²) in [6.07, 6.45) is 0. The second kappa shape index (κ2) is 8.07. The van der Waals surface area contributed by atoms with Crippen LogP contribution in [0.15, 0.2) is 78.9 Å². The van der Waals surface area contributed by atoms with E-state index in [-0.39, 0.29) is 10.6 Å². The molecule has 29 heavy (non-hydrogen) atoms. The van der Waals surface area contributed by atoms with Crippen LogP contribution in [0.5, 0.6) is 0 Å². The Morgan fingerprint density at radius 3 is 2.34 bits per heavy atom. The molecule has 0 aliphatic heterocycles. The average Bonchev–Trinajstić information content (AvgIpc) is 3.14. The highest BCUT2D eigenvalue weighted by Crippen LogP contribution is 2.28. The van der Waals surface area contributed by atoms with Gasteiger partial charge in [-0.15, -0.1) is 0 Å². The molecule has 0 spiro atoms. The van der Waals surface area contributed by atoms with Gasteiger partial charge in [-0.2, -0.15) is 5.10 Å². The van der Waals surface area contributed by atoms with Gasteiger partial charge >= 0.3 is 0 Å². The molecule has 4 rings (SSSR count). The highest BCUT2D eigenvalue weighted by molar-refractivity contribution is 6.32. The molecular weight excluding hydrogens is 412 g/mol. The molecule has 4 nitrogen and oxygen atoms in total. The molecule has 0 bridgehead atoms. The van der Waals surface area contributed by atoms with E-state index in [1.165, 1.54) is 12.1 Å². The summed E-state index contributed by atoms with van der Waals surface area (Å²) in [4.78, 5) is 12.7. The predicted molar refractivity (Wildman–Crippen MR) is 113 cm³/mol. The number of amides is 1. The van der Waals surface area contributed by atoms with Gasteiger partial charge in [0.1, 0.15) is 11.6 Å². The minimum atomic E-state index is -0.587. The van der Waals surface area contributed by atoms with Gasteiger partial charge in [-0.1, -0.05) is 65.7 Å². The van der Waals surface area contributed by atoms with E-state index in [0.717, 1.165) is 11.6 Å². The lowest BCUT2D eigenvalue weighted by Crippen LogP contribution is -2.15. The molecule has 1 N–H and O–H groups in total. The number of rotatable bonds is 4. The molecule has 1 amide bonds. The lowest BCUT2D eigenvalue weighted by molar-refractivity contribution is 0.102. The lowest BCUT2D eigenvalue weighted by atomic mass is 10.1. The van der Waals surface area contributed by atoms with Crippen LogP contribution in [0.1, 0.15) is 10.4 Å². The summed E-state index contributed by atoms with van der Waals surface area (Å²) in [5, 5.41) is 7.79. The van der Waals surface area contributed by atoms with Crippen LogP contribution >= 0.6 is 23.2 Å². The zero-order valence-corrected chi connectivity index (χ0v) is 16.5. The zero-order chi connectivity index (χ0) is 20.4. The molecule has 0 atom stereocenters. The van der Waals surface area contributed by atoms with Crippen LogP contribution < -0.4 is 5.32 Å². The highest BCUT2D eigenvalue weighted by Gasteiger charge is 2.17. The number of carbonyl (C=O) groups is 1. The van der Waals surface area contributed by atoms with Crippen molar-refractivity contribution in [3.8, 4) is 16.9 Å². The summed E-state index contributed by atoms with van der Waals surface area (Å²) in [5.74, 6) is -0.613. The normalized spacial score (nSPS) is 10.7. The fourth-order valence-electron chi connectivity index (χ4n) is 2.85. The number of nitrogens with one attached hydrogen (secondary N) is 1. The zero-order valence-electron chi connectivity index (χ0n) is 14.9. The quantitative estimate of drug-likeness (QED) is 0.420.